The Morgan fingerprint density at radius 1 is 1.25 bits per heavy atom. The molecule has 0 aliphatic carbocycles. The molecule has 0 spiro atoms. The molecule has 1 rings (SSSR count). The molecule has 0 saturated heterocycles. The molecule has 0 bridgehead atoms. The summed E-state index contributed by atoms with van der Waals surface area (Å²) in [5.74, 6) is -2.80. The van der Waals surface area contributed by atoms with Crippen LogP contribution in [0.3, 0.4) is 0 Å². The van der Waals surface area contributed by atoms with E-state index < -0.39 is 23.9 Å². The van der Waals surface area contributed by atoms with Crippen molar-refractivity contribution < 1.29 is 24.6 Å². The smallest absolute Gasteiger partial charge is 0.331 e. The van der Waals surface area contributed by atoms with E-state index in [1.807, 2.05) is 0 Å². The number of aliphatic carboxylic acids is 2. The SMILES string of the molecule is CC(C(=O)O)=C(C)C(=O)NC(CC(=O)O)c1cccs1. The van der Waals surface area contributed by atoms with Gasteiger partial charge in [0.1, 0.15) is 0 Å². The molecule has 1 amide bonds. The number of carboxylic acid groups (broad SMARTS) is 2. The van der Waals surface area contributed by atoms with Crippen molar-refractivity contribution in [3.63, 3.8) is 0 Å². The van der Waals surface area contributed by atoms with E-state index in [9.17, 15) is 14.4 Å². The van der Waals surface area contributed by atoms with Gasteiger partial charge in [-0.2, -0.15) is 0 Å². The number of carbonyl (C=O) groups is 3. The standard InChI is InChI=1S/C13H15NO5S/c1-7(8(2)13(18)19)12(17)14-9(6-11(15)16)10-4-3-5-20-10/h3-5,9H,6H2,1-2H3,(H,14,17)(H,15,16)(H,18,19). The summed E-state index contributed by atoms with van der Waals surface area (Å²) in [6.07, 6.45) is -0.258. The van der Waals surface area contributed by atoms with Crippen LogP contribution in [0.2, 0.25) is 0 Å². The van der Waals surface area contributed by atoms with Crippen LogP contribution < -0.4 is 5.32 Å². The van der Waals surface area contributed by atoms with Gasteiger partial charge in [-0.25, -0.2) is 4.79 Å². The van der Waals surface area contributed by atoms with Gasteiger partial charge >= 0.3 is 11.9 Å². The number of carboxylic acids is 2. The Hall–Kier alpha value is -2.15. The number of hydrogen-bond donors (Lipinski definition) is 3. The fourth-order valence-electron chi connectivity index (χ4n) is 1.48. The van der Waals surface area contributed by atoms with Crippen molar-refractivity contribution in [2.45, 2.75) is 26.3 Å². The Labute approximate surface area is 119 Å². The summed E-state index contributed by atoms with van der Waals surface area (Å²) in [5, 5.41) is 22.0. The molecule has 3 N–H and O–H groups in total. The summed E-state index contributed by atoms with van der Waals surface area (Å²) in [6, 6.07) is 2.81. The van der Waals surface area contributed by atoms with Crippen molar-refractivity contribution in [3.05, 3.63) is 33.5 Å². The van der Waals surface area contributed by atoms with E-state index in [0.29, 0.717) is 4.88 Å². The lowest BCUT2D eigenvalue weighted by atomic mass is 10.1. The fourth-order valence-corrected chi connectivity index (χ4v) is 2.26. The lowest BCUT2D eigenvalue weighted by molar-refractivity contribution is -0.138. The van der Waals surface area contributed by atoms with Gasteiger partial charge < -0.3 is 15.5 Å². The molecule has 0 aromatic carbocycles. The molecular formula is C13H15NO5S. The molecule has 1 unspecified atom stereocenters. The van der Waals surface area contributed by atoms with E-state index in [2.05, 4.69) is 5.32 Å². The third-order valence-electron chi connectivity index (χ3n) is 2.79. The van der Waals surface area contributed by atoms with Gasteiger partial charge in [0, 0.05) is 16.0 Å². The summed E-state index contributed by atoms with van der Waals surface area (Å²) in [4.78, 5) is 34.3. The summed E-state index contributed by atoms with van der Waals surface area (Å²) < 4.78 is 0. The van der Waals surface area contributed by atoms with E-state index >= 15 is 0 Å². The first-order valence-corrected chi connectivity index (χ1v) is 6.67. The van der Waals surface area contributed by atoms with Crippen molar-refractivity contribution in [3.8, 4) is 0 Å². The van der Waals surface area contributed by atoms with Gasteiger partial charge in [0.25, 0.3) is 0 Å². The minimum absolute atomic E-state index is 0.0597. The van der Waals surface area contributed by atoms with Gasteiger partial charge in [0.2, 0.25) is 5.91 Å². The van der Waals surface area contributed by atoms with E-state index in [0.717, 1.165) is 0 Å². The van der Waals surface area contributed by atoms with Gasteiger partial charge in [-0.15, -0.1) is 11.3 Å². The van der Waals surface area contributed by atoms with Gasteiger partial charge in [0.15, 0.2) is 0 Å². The third-order valence-corrected chi connectivity index (χ3v) is 3.78. The third kappa shape index (κ3) is 4.20. The summed E-state index contributed by atoms with van der Waals surface area (Å²) in [7, 11) is 0. The van der Waals surface area contributed by atoms with Gasteiger partial charge in [-0.1, -0.05) is 6.07 Å². The number of carbonyl (C=O) groups excluding carboxylic acids is 1. The van der Waals surface area contributed by atoms with Crippen LogP contribution in [0.15, 0.2) is 28.7 Å². The van der Waals surface area contributed by atoms with E-state index in [1.54, 1.807) is 17.5 Å². The molecule has 0 aliphatic heterocycles. The van der Waals surface area contributed by atoms with E-state index in [-0.39, 0.29) is 17.6 Å². The maximum atomic E-state index is 12.0. The fraction of sp³-hybridized carbons (Fsp3) is 0.308. The number of hydrogen-bond acceptors (Lipinski definition) is 4. The van der Waals surface area contributed by atoms with Crippen molar-refractivity contribution in [1.82, 2.24) is 5.32 Å². The summed E-state index contributed by atoms with van der Waals surface area (Å²) in [6.45, 7) is 2.72. The average Bonchev–Trinajstić information content (AvgIpc) is 2.89. The molecule has 0 fully saturated rings. The predicted molar refractivity (Wildman–Crippen MR) is 73.5 cm³/mol. The highest BCUT2D eigenvalue weighted by atomic mass is 32.1. The second kappa shape index (κ2) is 6.85. The molecule has 6 nitrogen and oxygen atoms in total. The molecule has 0 saturated carbocycles. The van der Waals surface area contributed by atoms with E-state index in [1.165, 1.54) is 25.2 Å². The molecule has 20 heavy (non-hydrogen) atoms. The van der Waals surface area contributed by atoms with E-state index in [4.69, 9.17) is 10.2 Å². The Morgan fingerprint density at radius 3 is 2.35 bits per heavy atom. The molecule has 108 valence electrons. The van der Waals surface area contributed by atoms with Crippen molar-refractivity contribution in [2.24, 2.45) is 0 Å². The van der Waals surface area contributed by atoms with Crippen LogP contribution in [0.5, 0.6) is 0 Å². The Morgan fingerprint density at radius 2 is 1.90 bits per heavy atom. The first kappa shape index (κ1) is 15.9. The minimum Gasteiger partial charge on any atom is -0.481 e. The topological polar surface area (TPSA) is 104 Å². The van der Waals surface area contributed by atoms with Crippen molar-refractivity contribution >= 4 is 29.2 Å². The maximum Gasteiger partial charge on any atom is 0.331 e. The van der Waals surface area contributed by atoms with Crippen LogP contribution in [0.1, 0.15) is 31.2 Å². The van der Waals surface area contributed by atoms with Crippen LogP contribution in [-0.2, 0) is 14.4 Å². The number of rotatable bonds is 6. The van der Waals surface area contributed by atoms with Crippen LogP contribution in [-0.4, -0.2) is 28.1 Å². The van der Waals surface area contributed by atoms with Crippen molar-refractivity contribution in [2.75, 3.05) is 0 Å². The van der Waals surface area contributed by atoms with Crippen LogP contribution in [0.4, 0.5) is 0 Å². The number of thiophene rings is 1. The molecule has 0 aliphatic rings. The zero-order valence-corrected chi connectivity index (χ0v) is 11.9. The van der Waals surface area contributed by atoms with Crippen LogP contribution in [0, 0.1) is 0 Å². The van der Waals surface area contributed by atoms with Crippen molar-refractivity contribution in [1.29, 1.82) is 0 Å². The average molecular weight is 297 g/mol. The summed E-state index contributed by atoms with van der Waals surface area (Å²) in [5.41, 5.74) is -0.00722. The van der Waals surface area contributed by atoms with Gasteiger partial charge in [-0.05, 0) is 25.3 Å². The normalized spacial score (nSPS) is 13.3. The molecular weight excluding hydrogens is 282 g/mol. The Balaban J connectivity index is 2.91. The monoisotopic (exact) mass is 297 g/mol. The van der Waals surface area contributed by atoms with Gasteiger partial charge in [-0.3, -0.25) is 9.59 Å². The number of amides is 1. The number of nitrogens with one attached hydrogen (secondary N) is 1. The minimum atomic E-state index is -1.18. The largest absolute Gasteiger partial charge is 0.481 e. The highest BCUT2D eigenvalue weighted by molar-refractivity contribution is 7.10. The molecule has 1 aromatic rings. The first-order chi connectivity index (χ1) is 9.32. The van der Waals surface area contributed by atoms with Gasteiger partial charge in [0.05, 0.1) is 12.5 Å². The first-order valence-electron chi connectivity index (χ1n) is 5.79. The highest BCUT2D eigenvalue weighted by Crippen LogP contribution is 2.22. The lowest BCUT2D eigenvalue weighted by Crippen LogP contribution is -2.31. The predicted octanol–water partition coefficient (Wildman–Crippen LogP) is 1.80. The molecule has 1 atom stereocenters. The zero-order chi connectivity index (χ0) is 15.3. The quantitative estimate of drug-likeness (QED) is 0.695. The molecule has 1 aromatic heterocycles. The maximum absolute atomic E-state index is 12.0. The lowest BCUT2D eigenvalue weighted by Gasteiger charge is -2.16. The second-order valence-corrected chi connectivity index (χ2v) is 5.17. The molecule has 7 heteroatoms. The van der Waals surface area contributed by atoms with Crippen LogP contribution in [0.25, 0.3) is 0 Å². The highest BCUT2D eigenvalue weighted by Gasteiger charge is 2.21. The zero-order valence-electron chi connectivity index (χ0n) is 11.0. The molecule has 0 radical (unpaired) electrons. The Bertz CT molecular complexity index is 547. The second-order valence-electron chi connectivity index (χ2n) is 4.19. The van der Waals surface area contributed by atoms with Crippen LogP contribution >= 0.6 is 11.3 Å². The summed E-state index contributed by atoms with van der Waals surface area (Å²) >= 11 is 1.33. The Kier molecular flexibility index (Phi) is 5.45. The molecule has 1 heterocycles.